The van der Waals surface area contributed by atoms with Crippen LogP contribution in [0, 0.1) is 0 Å². The van der Waals surface area contributed by atoms with E-state index in [2.05, 4.69) is 222 Å². The third-order valence-electron chi connectivity index (χ3n) is 10.4. The number of hydrogen-bond acceptors (Lipinski definition) is 2. The van der Waals surface area contributed by atoms with Gasteiger partial charge in [-0.05, 0) is 111 Å². The number of benzene rings is 9. The molecule has 0 atom stereocenters. The summed E-state index contributed by atoms with van der Waals surface area (Å²) in [5, 5.41) is 4.86. The zero-order chi connectivity index (χ0) is 35.8. The van der Waals surface area contributed by atoms with E-state index in [1.165, 1.54) is 38.4 Å². The van der Waals surface area contributed by atoms with Crippen molar-refractivity contribution in [3.8, 4) is 39.3 Å². The summed E-state index contributed by atoms with van der Waals surface area (Å²) in [7, 11) is 0. The molecule has 1 heterocycles. The maximum Gasteiger partial charge on any atom is 0.145 e. The fourth-order valence-corrected chi connectivity index (χ4v) is 7.65. The first-order valence-corrected chi connectivity index (χ1v) is 18.4. The lowest BCUT2D eigenvalue weighted by molar-refractivity contribution is 1.10. The second-order valence-electron chi connectivity index (χ2n) is 13.7. The molecule has 54 heavy (non-hydrogen) atoms. The van der Waals surface area contributed by atoms with Gasteiger partial charge >= 0.3 is 0 Å². The van der Waals surface area contributed by atoms with Crippen molar-refractivity contribution in [3.63, 3.8) is 0 Å². The Morgan fingerprint density at radius 3 is 1.52 bits per heavy atom. The van der Waals surface area contributed by atoms with Crippen LogP contribution in [0.2, 0.25) is 0 Å². The van der Waals surface area contributed by atoms with Gasteiger partial charge in [-0.15, -0.1) is 0 Å². The van der Waals surface area contributed by atoms with E-state index < -0.39 is 0 Å². The molecule has 10 rings (SSSR count). The van der Waals surface area contributed by atoms with Crippen molar-refractivity contribution in [1.29, 1.82) is 0 Å². The van der Waals surface area contributed by atoms with E-state index in [4.69, 9.17) is 4.98 Å². The summed E-state index contributed by atoms with van der Waals surface area (Å²) in [4.78, 5) is 7.61. The molecule has 0 fully saturated rings. The van der Waals surface area contributed by atoms with E-state index >= 15 is 0 Å². The van der Waals surface area contributed by atoms with Crippen molar-refractivity contribution < 1.29 is 0 Å². The molecule has 1 aromatic heterocycles. The Morgan fingerprint density at radius 1 is 0.352 bits per heavy atom. The molecule has 0 radical (unpaired) electrons. The standard InChI is InChI=1S/C51H35N3/c1-3-14-44(15-4-1)53(46-30-25-38(26-31-46)37-19-21-39(22-20-37)43-24-23-36-11-7-8-13-42(36)35-43)47-32-27-41(28-33-47)51-52-50-48-18-10-9-12-40(48)29-34-49(50)54(51)45-16-5-2-6-17-45/h1-35H. The molecule has 3 heteroatoms. The highest BCUT2D eigenvalue weighted by Gasteiger charge is 2.18. The number of para-hydroxylation sites is 2. The van der Waals surface area contributed by atoms with Crippen molar-refractivity contribution in [2.75, 3.05) is 4.90 Å². The van der Waals surface area contributed by atoms with Crippen LogP contribution in [-0.2, 0) is 0 Å². The molecule has 0 saturated heterocycles. The van der Waals surface area contributed by atoms with Crippen molar-refractivity contribution in [3.05, 3.63) is 212 Å². The highest BCUT2D eigenvalue weighted by molar-refractivity contribution is 6.06. The molecule has 0 bridgehead atoms. The molecular formula is C51H35N3. The van der Waals surface area contributed by atoms with Gasteiger partial charge in [-0.2, -0.15) is 0 Å². The largest absolute Gasteiger partial charge is 0.311 e. The molecule has 0 unspecified atom stereocenters. The van der Waals surface area contributed by atoms with Crippen LogP contribution >= 0.6 is 0 Å². The monoisotopic (exact) mass is 689 g/mol. The third-order valence-corrected chi connectivity index (χ3v) is 10.4. The van der Waals surface area contributed by atoms with E-state index in [1.807, 2.05) is 0 Å². The van der Waals surface area contributed by atoms with E-state index in [9.17, 15) is 0 Å². The number of rotatable bonds is 7. The topological polar surface area (TPSA) is 21.1 Å². The van der Waals surface area contributed by atoms with Crippen molar-refractivity contribution >= 4 is 49.6 Å². The molecule has 0 aliphatic heterocycles. The zero-order valence-electron chi connectivity index (χ0n) is 29.5. The summed E-state index contributed by atoms with van der Waals surface area (Å²) in [5.74, 6) is 0.918. The summed E-state index contributed by atoms with van der Waals surface area (Å²) >= 11 is 0. The van der Waals surface area contributed by atoms with Gasteiger partial charge in [-0.3, -0.25) is 4.57 Å². The number of anilines is 3. The quantitative estimate of drug-likeness (QED) is 0.166. The summed E-state index contributed by atoms with van der Waals surface area (Å²) in [6, 6.07) is 75.7. The van der Waals surface area contributed by atoms with Crippen molar-refractivity contribution in [1.82, 2.24) is 9.55 Å². The Bertz CT molecular complexity index is 2890. The van der Waals surface area contributed by atoms with Crippen LogP contribution in [0.3, 0.4) is 0 Å². The van der Waals surface area contributed by atoms with Crippen LogP contribution < -0.4 is 4.90 Å². The van der Waals surface area contributed by atoms with Gasteiger partial charge in [0.05, 0.1) is 11.0 Å². The van der Waals surface area contributed by atoms with Crippen LogP contribution in [0.4, 0.5) is 17.1 Å². The highest BCUT2D eigenvalue weighted by Crippen LogP contribution is 2.38. The van der Waals surface area contributed by atoms with Gasteiger partial charge in [-0.25, -0.2) is 4.98 Å². The van der Waals surface area contributed by atoms with E-state index in [0.29, 0.717) is 0 Å². The molecule has 0 aliphatic rings. The minimum Gasteiger partial charge on any atom is -0.311 e. The molecule has 3 nitrogen and oxygen atoms in total. The third kappa shape index (κ3) is 5.69. The minimum atomic E-state index is 0.918. The predicted octanol–water partition coefficient (Wildman–Crippen LogP) is 13.8. The van der Waals surface area contributed by atoms with Crippen LogP contribution in [-0.4, -0.2) is 9.55 Å². The van der Waals surface area contributed by atoms with Gasteiger partial charge in [0.2, 0.25) is 0 Å². The molecule has 0 aliphatic carbocycles. The molecule has 0 saturated carbocycles. The number of hydrogen-bond donors (Lipinski definition) is 0. The SMILES string of the molecule is c1ccc(N(c2ccc(-c3ccc(-c4ccc5ccccc5c4)cc3)cc2)c2ccc(-c3nc4c5ccccc5ccc4n3-c3ccccc3)cc2)cc1. The van der Waals surface area contributed by atoms with E-state index in [0.717, 1.165) is 50.6 Å². The molecule has 0 N–H and O–H groups in total. The van der Waals surface area contributed by atoms with Crippen molar-refractivity contribution in [2.24, 2.45) is 0 Å². The van der Waals surface area contributed by atoms with Gasteiger partial charge in [0.25, 0.3) is 0 Å². The Labute approximate surface area is 314 Å². The summed E-state index contributed by atoms with van der Waals surface area (Å²) in [6.45, 7) is 0. The lowest BCUT2D eigenvalue weighted by Crippen LogP contribution is -2.09. The normalized spacial score (nSPS) is 11.3. The van der Waals surface area contributed by atoms with Crippen LogP contribution in [0.25, 0.3) is 71.9 Å². The number of fused-ring (bicyclic) bond motifs is 4. The van der Waals surface area contributed by atoms with E-state index in [-0.39, 0.29) is 0 Å². The average Bonchev–Trinajstić information content (AvgIpc) is 3.65. The second kappa shape index (κ2) is 13.4. The highest BCUT2D eigenvalue weighted by atomic mass is 15.1. The van der Waals surface area contributed by atoms with Crippen LogP contribution in [0.5, 0.6) is 0 Å². The van der Waals surface area contributed by atoms with Gasteiger partial charge in [0.15, 0.2) is 0 Å². The number of nitrogens with zero attached hydrogens (tertiary/aromatic N) is 3. The maximum atomic E-state index is 5.30. The molecule has 10 aromatic rings. The fraction of sp³-hybridized carbons (Fsp3) is 0. The molecule has 0 spiro atoms. The number of imidazole rings is 1. The lowest BCUT2D eigenvalue weighted by atomic mass is 9.98. The molecule has 254 valence electrons. The predicted molar refractivity (Wildman–Crippen MR) is 227 cm³/mol. The first kappa shape index (κ1) is 31.5. The minimum absolute atomic E-state index is 0.918. The van der Waals surface area contributed by atoms with Gasteiger partial charge in [-0.1, -0.05) is 140 Å². The Kier molecular flexibility index (Phi) is 7.81. The van der Waals surface area contributed by atoms with Crippen molar-refractivity contribution in [2.45, 2.75) is 0 Å². The summed E-state index contributed by atoms with van der Waals surface area (Å²) in [5.41, 5.74) is 12.3. The van der Waals surface area contributed by atoms with Crippen LogP contribution in [0.15, 0.2) is 212 Å². The average molecular weight is 690 g/mol. The van der Waals surface area contributed by atoms with Gasteiger partial charge in [0, 0.05) is 33.7 Å². The summed E-state index contributed by atoms with van der Waals surface area (Å²) in [6.07, 6.45) is 0. The first-order chi connectivity index (χ1) is 26.8. The Hall–Kier alpha value is -7.23. The van der Waals surface area contributed by atoms with Gasteiger partial charge in [0.1, 0.15) is 5.82 Å². The van der Waals surface area contributed by atoms with E-state index in [1.54, 1.807) is 0 Å². The van der Waals surface area contributed by atoms with Crippen LogP contribution in [0.1, 0.15) is 0 Å². The maximum absolute atomic E-state index is 5.30. The second-order valence-corrected chi connectivity index (χ2v) is 13.7. The van der Waals surface area contributed by atoms with Gasteiger partial charge < -0.3 is 4.90 Å². The summed E-state index contributed by atoms with van der Waals surface area (Å²) < 4.78 is 2.28. The lowest BCUT2D eigenvalue weighted by Gasteiger charge is -2.26. The Balaban J connectivity index is 0.991. The molecule has 9 aromatic carbocycles. The fourth-order valence-electron chi connectivity index (χ4n) is 7.65. The smallest absolute Gasteiger partial charge is 0.145 e. The first-order valence-electron chi connectivity index (χ1n) is 18.4. The number of aromatic nitrogens is 2. The zero-order valence-corrected chi connectivity index (χ0v) is 29.5. The molecule has 0 amide bonds. The molecular weight excluding hydrogens is 655 g/mol. The Morgan fingerprint density at radius 2 is 0.833 bits per heavy atom.